The quantitative estimate of drug-likeness (QED) is 0.175. The zero-order valence-corrected chi connectivity index (χ0v) is 18.6. The second kappa shape index (κ2) is 11.8. The van der Waals surface area contributed by atoms with Gasteiger partial charge in [-0.25, -0.2) is 10.2 Å². The van der Waals surface area contributed by atoms with Crippen LogP contribution >= 0.6 is 0 Å². The number of rotatable bonds is 8. The maximum atomic E-state index is 12.3. The van der Waals surface area contributed by atoms with Gasteiger partial charge in [-0.05, 0) is 55.0 Å². The number of benzene rings is 3. The summed E-state index contributed by atoms with van der Waals surface area (Å²) in [5, 5.41) is 6.26. The molecule has 0 atom stereocenters. The van der Waals surface area contributed by atoms with Crippen molar-refractivity contribution < 1.29 is 28.6 Å². The summed E-state index contributed by atoms with van der Waals surface area (Å²) in [5.74, 6) is -1.23. The van der Waals surface area contributed by atoms with Crippen molar-refractivity contribution in [2.45, 2.75) is 6.92 Å². The van der Waals surface area contributed by atoms with E-state index in [1.807, 2.05) is 0 Å². The van der Waals surface area contributed by atoms with E-state index >= 15 is 0 Å². The fourth-order valence-corrected chi connectivity index (χ4v) is 2.80. The third-order valence-corrected chi connectivity index (χ3v) is 4.39. The van der Waals surface area contributed by atoms with Crippen molar-refractivity contribution in [1.82, 2.24) is 5.43 Å². The minimum Gasteiger partial charge on any atom is -0.497 e. The number of esters is 1. The number of hydrazone groups is 1. The van der Waals surface area contributed by atoms with Crippen LogP contribution in [0.15, 0.2) is 77.9 Å². The minimum absolute atomic E-state index is 0.245. The molecule has 0 bridgehead atoms. The number of hydrogen-bond acceptors (Lipinski definition) is 7. The zero-order valence-electron chi connectivity index (χ0n) is 18.6. The van der Waals surface area contributed by atoms with Crippen LogP contribution in [0.4, 0.5) is 5.69 Å². The Hall–Kier alpha value is -4.66. The van der Waals surface area contributed by atoms with E-state index in [1.165, 1.54) is 13.3 Å². The average molecular weight is 461 g/mol. The lowest BCUT2D eigenvalue weighted by Gasteiger charge is -2.11. The van der Waals surface area contributed by atoms with Gasteiger partial charge in [-0.2, -0.15) is 5.10 Å². The number of carbonyl (C=O) groups is 3. The molecule has 9 nitrogen and oxygen atoms in total. The molecule has 2 amide bonds. The van der Waals surface area contributed by atoms with Crippen LogP contribution in [0.3, 0.4) is 0 Å². The highest BCUT2D eigenvalue weighted by molar-refractivity contribution is 6.39. The predicted molar refractivity (Wildman–Crippen MR) is 126 cm³/mol. The Morgan fingerprint density at radius 2 is 1.71 bits per heavy atom. The van der Waals surface area contributed by atoms with E-state index in [2.05, 4.69) is 15.8 Å². The van der Waals surface area contributed by atoms with Crippen molar-refractivity contribution >= 4 is 29.7 Å². The fraction of sp³-hybridized carbons (Fsp3) is 0.120. The first-order valence-corrected chi connectivity index (χ1v) is 10.3. The molecule has 2 N–H and O–H groups in total. The number of methoxy groups -OCH3 is 1. The molecule has 0 heterocycles. The monoisotopic (exact) mass is 461 g/mol. The molecule has 3 aromatic rings. The predicted octanol–water partition coefficient (Wildman–Crippen LogP) is 3.40. The van der Waals surface area contributed by atoms with Crippen molar-refractivity contribution in [2.24, 2.45) is 5.10 Å². The number of hydrogen-bond donors (Lipinski definition) is 2. The maximum absolute atomic E-state index is 12.3. The number of nitrogens with one attached hydrogen (secondary N) is 2. The lowest BCUT2D eigenvalue weighted by Crippen LogP contribution is -2.32. The Morgan fingerprint density at radius 1 is 0.912 bits per heavy atom. The molecule has 9 heteroatoms. The van der Waals surface area contributed by atoms with E-state index in [4.69, 9.17) is 14.2 Å². The molecule has 174 valence electrons. The highest BCUT2D eigenvalue weighted by atomic mass is 16.6. The SMILES string of the molecule is CCOc1cc(/C=N\NC(=O)C(=O)Nc2cccc(OC)c2)ccc1OC(=O)c1ccccc1. The summed E-state index contributed by atoms with van der Waals surface area (Å²) in [6.07, 6.45) is 1.34. The minimum atomic E-state index is -0.947. The molecule has 0 unspecified atom stereocenters. The molecule has 3 aromatic carbocycles. The Labute approximate surface area is 196 Å². The summed E-state index contributed by atoms with van der Waals surface area (Å²) < 4.78 is 16.1. The molecular weight excluding hydrogens is 438 g/mol. The van der Waals surface area contributed by atoms with E-state index in [-0.39, 0.29) is 5.75 Å². The molecule has 0 aliphatic carbocycles. The second-order valence-corrected chi connectivity index (χ2v) is 6.78. The summed E-state index contributed by atoms with van der Waals surface area (Å²) in [4.78, 5) is 36.4. The van der Waals surface area contributed by atoms with E-state index in [9.17, 15) is 14.4 Å². The number of anilines is 1. The molecule has 0 aliphatic rings. The van der Waals surface area contributed by atoms with Gasteiger partial charge in [0, 0.05) is 11.8 Å². The zero-order chi connectivity index (χ0) is 24.3. The molecule has 0 fully saturated rings. The van der Waals surface area contributed by atoms with Gasteiger partial charge in [0.2, 0.25) is 0 Å². The second-order valence-electron chi connectivity index (χ2n) is 6.78. The molecule has 34 heavy (non-hydrogen) atoms. The van der Waals surface area contributed by atoms with Gasteiger partial charge in [0.15, 0.2) is 11.5 Å². The third-order valence-electron chi connectivity index (χ3n) is 4.39. The molecule has 3 rings (SSSR count). The Kier molecular flexibility index (Phi) is 8.34. The maximum Gasteiger partial charge on any atom is 0.343 e. The summed E-state index contributed by atoms with van der Waals surface area (Å²) in [6.45, 7) is 2.14. The van der Waals surface area contributed by atoms with Crippen LogP contribution in [-0.4, -0.2) is 37.7 Å². The first kappa shape index (κ1) is 24.0. The summed E-state index contributed by atoms with van der Waals surface area (Å²) in [6, 6.07) is 20.0. The molecule has 0 saturated carbocycles. The van der Waals surface area contributed by atoms with Gasteiger partial charge in [0.05, 0.1) is 25.5 Å². The highest BCUT2D eigenvalue weighted by Gasteiger charge is 2.14. The highest BCUT2D eigenvalue weighted by Crippen LogP contribution is 2.29. The van der Waals surface area contributed by atoms with Crippen molar-refractivity contribution in [1.29, 1.82) is 0 Å². The first-order chi connectivity index (χ1) is 16.5. The summed E-state index contributed by atoms with van der Waals surface area (Å²) in [7, 11) is 1.50. The van der Waals surface area contributed by atoms with Gasteiger partial charge in [0.25, 0.3) is 0 Å². The van der Waals surface area contributed by atoms with Crippen molar-refractivity contribution in [3.05, 3.63) is 83.9 Å². The van der Waals surface area contributed by atoms with Crippen LogP contribution in [0.5, 0.6) is 17.2 Å². The van der Waals surface area contributed by atoms with E-state index in [0.717, 1.165) is 0 Å². The average Bonchev–Trinajstić information content (AvgIpc) is 2.86. The summed E-state index contributed by atoms with van der Waals surface area (Å²) in [5.41, 5.74) is 3.53. The topological polar surface area (TPSA) is 115 Å². The molecule has 0 spiro atoms. The van der Waals surface area contributed by atoms with Crippen molar-refractivity contribution in [2.75, 3.05) is 19.0 Å². The first-order valence-electron chi connectivity index (χ1n) is 10.3. The molecule has 0 saturated heterocycles. The normalized spacial score (nSPS) is 10.4. The Balaban J connectivity index is 1.62. The van der Waals surface area contributed by atoms with Crippen LogP contribution in [-0.2, 0) is 9.59 Å². The van der Waals surface area contributed by atoms with Gasteiger partial charge in [-0.3, -0.25) is 9.59 Å². The van der Waals surface area contributed by atoms with Crippen molar-refractivity contribution in [3.63, 3.8) is 0 Å². The molecule has 0 radical (unpaired) electrons. The van der Waals surface area contributed by atoms with Crippen LogP contribution < -0.4 is 25.0 Å². The number of amides is 2. The smallest absolute Gasteiger partial charge is 0.343 e. The van der Waals surface area contributed by atoms with Crippen LogP contribution in [0.2, 0.25) is 0 Å². The van der Waals surface area contributed by atoms with Gasteiger partial charge in [-0.1, -0.05) is 24.3 Å². The molecular formula is C25H23N3O6. The molecule has 0 aromatic heterocycles. The Morgan fingerprint density at radius 3 is 2.44 bits per heavy atom. The van der Waals surface area contributed by atoms with Crippen LogP contribution in [0.25, 0.3) is 0 Å². The van der Waals surface area contributed by atoms with Gasteiger partial charge < -0.3 is 19.5 Å². The van der Waals surface area contributed by atoms with Gasteiger partial charge in [-0.15, -0.1) is 0 Å². The number of nitrogens with zero attached hydrogens (tertiary/aromatic N) is 1. The van der Waals surface area contributed by atoms with Crippen LogP contribution in [0, 0.1) is 0 Å². The lowest BCUT2D eigenvalue weighted by atomic mass is 10.2. The largest absolute Gasteiger partial charge is 0.497 e. The third kappa shape index (κ3) is 6.67. The lowest BCUT2D eigenvalue weighted by molar-refractivity contribution is -0.136. The van der Waals surface area contributed by atoms with E-state index < -0.39 is 17.8 Å². The van der Waals surface area contributed by atoms with Crippen molar-refractivity contribution in [3.8, 4) is 17.2 Å². The standard InChI is InChI=1S/C25H23N3O6/c1-3-33-22-14-17(12-13-21(22)34-25(31)18-8-5-4-6-9-18)16-26-28-24(30)23(29)27-19-10-7-11-20(15-19)32-2/h4-16H,3H2,1-2H3,(H,27,29)(H,28,30)/b26-16-. The molecule has 0 aliphatic heterocycles. The fourth-order valence-electron chi connectivity index (χ4n) is 2.80. The number of carbonyl (C=O) groups excluding carboxylic acids is 3. The van der Waals surface area contributed by atoms with Gasteiger partial charge in [0.1, 0.15) is 5.75 Å². The van der Waals surface area contributed by atoms with E-state index in [1.54, 1.807) is 79.7 Å². The number of ether oxygens (including phenoxy) is 3. The summed E-state index contributed by atoms with van der Waals surface area (Å²) >= 11 is 0. The van der Waals surface area contributed by atoms with Crippen LogP contribution in [0.1, 0.15) is 22.8 Å². The Bertz CT molecular complexity index is 1190. The van der Waals surface area contributed by atoms with E-state index in [0.29, 0.717) is 34.9 Å². The van der Waals surface area contributed by atoms with Gasteiger partial charge >= 0.3 is 17.8 Å².